The first-order valence-electron chi connectivity index (χ1n) is 10.7. The number of hydrogen-bond donors (Lipinski definition) is 2. The Morgan fingerprint density at radius 1 is 1.41 bits per heavy atom. The summed E-state index contributed by atoms with van der Waals surface area (Å²) in [5.41, 5.74) is 0.338. The van der Waals surface area contributed by atoms with E-state index in [2.05, 4.69) is 45.0 Å². The van der Waals surface area contributed by atoms with Crippen molar-refractivity contribution in [2.75, 3.05) is 46.5 Å². The van der Waals surface area contributed by atoms with Gasteiger partial charge in [-0.1, -0.05) is 12.5 Å². The Morgan fingerprint density at radius 3 is 2.79 bits per heavy atom. The summed E-state index contributed by atoms with van der Waals surface area (Å²) in [4.78, 5) is 8.45. The van der Waals surface area contributed by atoms with Gasteiger partial charge < -0.3 is 20.1 Å². The third-order valence-corrected chi connectivity index (χ3v) is 7.77. The summed E-state index contributed by atoms with van der Waals surface area (Å²) >= 11 is 1.83. The van der Waals surface area contributed by atoms with Gasteiger partial charge in [0.15, 0.2) is 5.96 Å². The van der Waals surface area contributed by atoms with Crippen molar-refractivity contribution in [2.24, 2.45) is 10.4 Å². The molecule has 1 aromatic rings. The molecule has 0 amide bonds. The maximum absolute atomic E-state index is 5.99. The van der Waals surface area contributed by atoms with Crippen LogP contribution in [-0.4, -0.2) is 69.5 Å². The molecule has 164 valence electrons. The van der Waals surface area contributed by atoms with Crippen molar-refractivity contribution in [1.82, 2.24) is 15.5 Å². The molecule has 3 unspecified atom stereocenters. The Balaban J connectivity index is 0.00000240. The van der Waals surface area contributed by atoms with Gasteiger partial charge in [0.1, 0.15) is 0 Å². The summed E-state index contributed by atoms with van der Waals surface area (Å²) in [7, 11) is 1.87. The predicted molar refractivity (Wildman–Crippen MR) is 129 cm³/mol. The molecule has 0 aromatic carbocycles. The van der Waals surface area contributed by atoms with Crippen molar-refractivity contribution in [3.63, 3.8) is 0 Å². The molecule has 8 heteroatoms. The van der Waals surface area contributed by atoms with Gasteiger partial charge in [-0.3, -0.25) is 9.89 Å². The number of nitrogens with one attached hydrogen (secondary N) is 2. The summed E-state index contributed by atoms with van der Waals surface area (Å²) < 4.78 is 11.5. The van der Waals surface area contributed by atoms with E-state index in [9.17, 15) is 0 Å². The molecule has 2 heterocycles. The summed E-state index contributed by atoms with van der Waals surface area (Å²) in [5.74, 6) is 0.918. The molecule has 1 saturated heterocycles. The molecule has 2 N–H and O–H groups in total. The lowest BCUT2D eigenvalue weighted by Gasteiger charge is -2.61. The zero-order valence-corrected chi connectivity index (χ0v) is 20.7. The molecule has 3 atom stereocenters. The second-order valence-corrected chi connectivity index (χ2v) is 9.08. The van der Waals surface area contributed by atoms with Gasteiger partial charge in [0.05, 0.1) is 25.4 Å². The van der Waals surface area contributed by atoms with Gasteiger partial charge in [-0.05, 0) is 37.6 Å². The molecule has 2 saturated carbocycles. The van der Waals surface area contributed by atoms with Crippen LogP contribution in [0.1, 0.15) is 43.5 Å². The second-order valence-electron chi connectivity index (χ2n) is 8.10. The number of halogens is 1. The molecule has 3 fully saturated rings. The zero-order chi connectivity index (χ0) is 19.4. The van der Waals surface area contributed by atoms with Crippen molar-refractivity contribution in [3.05, 3.63) is 22.4 Å². The molecule has 6 nitrogen and oxygen atoms in total. The highest BCUT2D eigenvalue weighted by Crippen LogP contribution is 2.57. The van der Waals surface area contributed by atoms with Crippen LogP contribution in [0.5, 0.6) is 0 Å². The Morgan fingerprint density at radius 2 is 2.21 bits per heavy atom. The first-order valence-corrected chi connectivity index (χ1v) is 11.6. The van der Waals surface area contributed by atoms with Crippen LogP contribution in [0.4, 0.5) is 0 Å². The van der Waals surface area contributed by atoms with E-state index in [1.807, 2.05) is 18.4 Å². The monoisotopic (exact) mass is 534 g/mol. The molecule has 4 rings (SSSR count). The Bertz CT molecular complexity index is 647. The highest BCUT2D eigenvalue weighted by Gasteiger charge is 2.59. The highest BCUT2D eigenvalue weighted by atomic mass is 127. The first kappa shape index (κ1) is 23.2. The minimum atomic E-state index is 0. The molecular weight excluding hydrogens is 499 g/mol. The van der Waals surface area contributed by atoms with E-state index < -0.39 is 0 Å². The molecular formula is C21H35IN4O2S. The van der Waals surface area contributed by atoms with E-state index in [0.29, 0.717) is 23.6 Å². The zero-order valence-electron chi connectivity index (χ0n) is 17.6. The van der Waals surface area contributed by atoms with Crippen molar-refractivity contribution in [2.45, 2.75) is 50.8 Å². The van der Waals surface area contributed by atoms with E-state index in [-0.39, 0.29) is 24.0 Å². The molecule has 0 radical (unpaired) electrons. The van der Waals surface area contributed by atoms with Gasteiger partial charge >= 0.3 is 0 Å². The normalized spacial score (nSPS) is 27.4. The van der Waals surface area contributed by atoms with Crippen LogP contribution in [-0.2, 0) is 9.47 Å². The molecule has 1 aromatic heterocycles. The number of thiophene rings is 1. The molecule has 1 aliphatic heterocycles. The summed E-state index contributed by atoms with van der Waals surface area (Å²) in [6.45, 7) is 7.37. The fourth-order valence-electron chi connectivity index (χ4n) is 4.97. The average Bonchev–Trinajstić information content (AvgIpc) is 3.19. The van der Waals surface area contributed by atoms with Gasteiger partial charge in [0.25, 0.3) is 0 Å². The van der Waals surface area contributed by atoms with Crippen LogP contribution in [0.25, 0.3) is 0 Å². The summed E-state index contributed by atoms with van der Waals surface area (Å²) in [6, 6.07) is 5.22. The Kier molecular flexibility index (Phi) is 8.62. The number of aliphatic imine (C=N–C) groups is 1. The molecule has 29 heavy (non-hydrogen) atoms. The fourth-order valence-corrected chi connectivity index (χ4v) is 5.83. The Labute approximate surface area is 195 Å². The minimum absolute atomic E-state index is 0. The maximum Gasteiger partial charge on any atom is 0.191 e. The lowest BCUT2D eigenvalue weighted by atomic mass is 9.51. The molecule has 2 aliphatic carbocycles. The predicted octanol–water partition coefficient (Wildman–Crippen LogP) is 3.25. The average molecular weight is 535 g/mol. The number of guanidine groups is 1. The van der Waals surface area contributed by atoms with Gasteiger partial charge in [-0.2, -0.15) is 0 Å². The van der Waals surface area contributed by atoms with Gasteiger partial charge in [-0.25, -0.2) is 0 Å². The number of ether oxygens (including phenoxy) is 2. The van der Waals surface area contributed by atoms with E-state index in [4.69, 9.17) is 9.47 Å². The fraction of sp³-hybridized carbons (Fsp3) is 0.762. The van der Waals surface area contributed by atoms with Gasteiger partial charge in [-0.15, -0.1) is 35.3 Å². The van der Waals surface area contributed by atoms with Crippen LogP contribution in [0, 0.1) is 5.41 Å². The number of rotatable bonds is 7. The van der Waals surface area contributed by atoms with Crippen molar-refractivity contribution >= 4 is 41.3 Å². The standard InChI is InChI=1S/C21H34N4O2S.HI/c1-3-27-19-14-18(21(19)7-5-8-21)24-20(22-2)23-15-16(17-6-4-13-28-17)25-9-11-26-12-10-25;/h4,6,13,16,18-19H,3,5,7-12,14-15H2,1-2H3,(H2,22,23,24);1H. The van der Waals surface area contributed by atoms with Crippen LogP contribution in [0.15, 0.2) is 22.5 Å². The quantitative estimate of drug-likeness (QED) is 0.320. The molecule has 3 aliphatic rings. The third kappa shape index (κ3) is 4.92. The van der Waals surface area contributed by atoms with E-state index >= 15 is 0 Å². The minimum Gasteiger partial charge on any atom is -0.379 e. The molecule has 1 spiro atoms. The highest BCUT2D eigenvalue weighted by molar-refractivity contribution is 14.0. The van der Waals surface area contributed by atoms with E-state index in [1.165, 1.54) is 24.1 Å². The SMILES string of the molecule is CCOC1CC(NC(=NC)NCC(c2cccs2)N2CCOCC2)C12CCC2.I. The number of hydrogen-bond acceptors (Lipinski definition) is 5. The summed E-state index contributed by atoms with van der Waals surface area (Å²) in [5, 5.41) is 9.48. The Hall–Kier alpha value is -0.420. The van der Waals surface area contributed by atoms with Crippen LogP contribution in [0.3, 0.4) is 0 Å². The number of morpholine rings is 1. The lowest BCUT2D eigenvalue weighted by Crippen LogP contribution is -2.68. The largest absolute Gasteiger partial charge is 0.379 e. The van der Waals surface area contributed by atoms with E-state index in [0.717, 1.165) is 51.8 Å². The van der Waals surface area contributed by atoms with Crippen LogP contribution < -0.4 is 10.6 Å². The van der Waals surface area contributed by atoms with Gasteiger partial charge in [0, 0.05) is 49.6 Å². The van der Waals surface area contributed by atoms with Crippen LogP contribution in [0.2, 0.25) is 0 Å². The second kappa shape index (κ2) is 10.7. The van der Waals surface area contributed by atoms with Crippen molar-refractivity contribution in [3.8, 4) is 0 Å². The number of nitrogens with zero attached hydrogens (tertiary/aromatic N) is 2. The van der Waals surface area contributed by atoms with E-state index in [1.54, 1.807) is 0 Å². The van der Waals surface area contributed by atoms with Crippen molar-refractivity contribution < 1.29 is 9.47 Å². The first-order chi connectivity index (χ1) is 13.8. The topological polar surface area (TPSA) is 58.1 Å². The lowest BCUT2D eigenvalue weighted by molar-refractivity contribution is -0.168. The third-order valence-electron chi connectivity index (χ3n) is 6.79. The maximum atomic E-state index is 5.99. The smallest absolute Gasteiger partial charge is 0.191 e. The van der Waals surface area contributed by atoms with Gasteiger partial charge in [0.2, 0.25) is 0 Å². The summed E-state index contributed by atoms with van der Waals surface area (Å²) in [6.07, 6.45) is 5.39. The van der Waals surface area contributed by atoms with Crippen molar-refractivity contribution in [1.29, 1.82) is 0 Å². The molecule has 0 bridgehead atoms. The van der Waals surface area contributed by atoms with Crippen LogP contribution >= 0.6 is 35.3 Å².